The molecule has 6 nitrogen and oxygen atoms in total. The molecule has 126 valence electrons. The highest BCUT2D eigenvalue weighted by Crippen LogP contribution is 2.28. The normalized spacial score (nSPS) is 22.3. The third-order valence-corrected chi connectivity index (χ3v) is 5.00. The first-order chi connectivity index (χ1) is 11.1. The van der Waals surface area contributed by atoms with Gasteiger partial charge >= 0.3 is 0 Å². The minimum atomic E-state index is -0.301. The van der Waals surface area contributed by atoms with Crippen LogP contribution in [0.25, 0.3) is 0 Å². The summed E-state index contributed by atoms with van der Waals surface area (Å²) in [5.74, 6) is 0.274. The lowest BCUT2D eigenvalue weighted by molar-refractivity contribution is -0.142. The van der Waals surface area contributed by atoms with Crippen LogP contribution in [0.3, 0.4) is 0 Å². The lowest BCUT2D eigenvalue weighted by atomic mass is 9.88. The molecule has 1 aromatic rings. The van der Waals surface area contributed by atoms with Crippen molar-refractivity contribution < 1.29 is 9.59 Å². The van der Waals surface area contributed by atoms with Crippen LogP contribution in [0.15, 0.2) is 6.07 Å². The van der Waals surface area contributed by atoms with Gasteiger partial charge in [-0.1, -0.05) is 19.3 Å². The molecule has 2 N–H and O–H groups in total. The molecular weight excluding hydrogens is 292 g/mol. The van der Waals surface area contributed by atoms with E-state index in [0.29, 0.717) is 6.54 Å². The van der Waals surface area contributed by atoms with Crippen molar-refractivity contribution in [3.05, 3.63) is 17.5 Å². The number of hydrogen-bond donors (Lipinski definition) is 2. The molecule has 1 aliphatic carbocycles. The van der Waals surface area contributed by atoms with Crippen molar-refractivity contribution in [3.8, 4) is 0 Å². The van der Waals surface area contributed by atoms with Gasteiger partial charge in [-0.05, 0) is 38.7 Å². The van der Waals surface area contributed by atoms with Crippen LogP contribution in [0.5, 0.6) is 0 Å². The molecular formula is C17H26N4O2. The van der Waals surface area contributed by atoms with Crippen molar-refractivity contribution in [2.75, 3.05) is 6.54 Å². The van der Waals surface area contributed by atoms with E-state index in [-0.39, 0.29) is 23.8 Å². The highest BCUT2D eigenvalue weighted by Gasteiger charge is 2.37. The Hall–Kier alpha value is -1.85. The first-order valence-corrected chi connectivity index (χ1v) is 8.74. The van der Waals surface area contributed by atoms with Gasteiger partial charge in [0.15, 0.2) is 0 Å². The average Bonchev–Trinajstić information content (AvgIpc) is 3.21. The summed E-state index contributed by atoms with van der Waals surface area (Å²) in [7, 11) is 0. The van der Waals surface area contributed by atoms with E-state index >= 15 is 0 Å². The first kappa shape index (κ1) is 16.0. The fourth-order valence-electron chi connectivity index (χ4n) is 3.75. The number of rotatable bonds is 4. The third-order valence-electron chi connectivity index (χ3n) is 5.00. The van der Waals surface area contributed by atoms with Gasteiger partial charge in [-0.2, -0.15) is 5.10 Å². The maximum absolute atomic E-state index is 12.7. The molecule has 0 unspecified atom stereocenters. The number of aromatic nitrogens is 2. The third kappa shape index (κ3) is 3.74. The highest BCUT2D eigenvalue weighted by molar-refractivity contribution is 5.89. The van der Waals surface area contributed by atoms with E-state index in [0.717, 1.165) is 56.5 Å². The Kier molecular flexibility index (Phi) is 4.98. The number of carbonyl (C=O) groups is 2. The van der Waals surface area contributed by atoms with Gasteiger partial charge in [-0.15, -0.1) is 0 Å². The fourth-order valence-corrected chi connectivity index (χ4v) is 3.75. The number of likely N-dealkylation sites (tertiary alicyclic amines) is 1. The summed E-state index contributed by atoms with van der Waals surface area (Å²) in [5.41, 5.74) is 1.79. The molecule has 1 atom stereocenters. The van der Waals surface area contributed by atoms with Crippen LogP contribution in [-0.2, 0) is 16.1 Å². The quantitative estimate of drug-likeness (QED) is 0.890. The molecule has 1 aromatic heterocycles. The molecule has 6 heteroatoms. The van der Waals surface area contributed by atoms with Gasteiger partial charge in [0, 0.05) is 18.2 Å². The Labute approximate surface area is 137 Å². The SMILES string of the molecule is Cc1cc(CNC(=O)[C@H]2CCCN2C(=O)C2CCCCC2)n[nH]1. The first-order valence-electron chi connectivity index (χ1n) is 8.74. The van der Waals surface area contributed by atoms with Crippen LogP contribution in [0.2, 0.25) is 0 Å². The minimum absolute atomic E-state index is 0.0488. The predicted molar refractivity (Wildman–Crippen MR) is 86.5 cm³/mol. The standard InChI is InChI=1S/C17H26N4O2/c1-12-10-14(20-19-12)11-18-16(22)15-8-5-9-21(15)17(23)13-6-3-2-4-7-13/h10,13,15H,2-9,11H2,1H3,(H,18,22)(H,19,20)/t15-/m1/s1. The van der Waals surface area contributed by atoms with E-state index in [4.69, 9.17) is 0 Å². The van der Waals surface area contributed by atoms with Gasteiger partial charge in [0.1, 0.15) is 6.04 Å². The average molecular weight is 318 g/mol. The lowest BCUT2D eigenvalue weighted by Gasteiger charge is -2.30. The zero-order chi connectivity index (χ0) is 16.2. The molecule has 1 saturated heterocycles. The van der Waals surface area contributed by atoms with Crippen molar-refractivity contribution in [3.63, 3.8) is 0 Å². The summed E-state index contributed by atoms with van der Waals surface area (Å²) in [6.45, 7) is 3.06. The van der Waals surface area contributed by atoms with Gasteiger partial charge in [0.05, 0.1) is 12.2 Å². The maximum Gasteiger partial charge on any atom is 0.243 e. The van der Waals surface area contributed by atoms with E-state index in [1.807, 2.05) is 17.9 Å². The Morgan fingerprint density at radius 3 is 2.74 bits per heavy atom. The van der Waals surface area contributed by atoms with Crippen LogP contribution in [0, 0.1) is 12.8 Å². The molecule has 2 fully saturated rings. The number of amides is 2. The molecule has 2 aliphatic rings. The van der Waals surface area contributed by atoms with E-state index in [1.165, 1.54) is 6.42 Å². The number of nitrogens with one attached hydrogen (secondary N) is 2. The van der Waals surface area contributed by atoms with E-state index < -0.39 is 0 Å². The van der Waals surface area contributed by atoms with Crippen LogP contribution >= 0.6 is 0 Å². The van der Waals surface area contributed by atoms with Gasteiger partial charge in [0.2, 0.25) is 11.8 Å². The maximum atomic E-state index is 12.7. The van der Waals surface area contributed by atoms with E-state index in [9.17, 15) is 9.59 Å². The van der Waals surface area contributed by atoms with Crippen molar-refractivity contribution in [2.24, 2.45) is 5.92 Å². The van der Waals surface area contributed by atoms with Crippen molar-refractivity contribution in [1.29, 1.82) is 0 Å². The molecule has 0 radical (unpaired) electrons. The summed E-state index contributed by atoms with van der Waals surface area (Å²) in [6, 6.07) is 1.62. The van der Waals surface area contributed by atoms with Crippen molar-refractivity contribution in [1.82, 2.24) is 20.4 Å². The van der Waals surface area contributed by atoms with Gasteiger partial charge in [-0.3, -0.25) is 14.7 Å². The van der Waals surface area contributed by atoms with Crippen LogP contribution in [-0.4, -0.2) is 39.5 Å². The van der Waals surface area contributed by atoms with Gasteiger partial charge in [-0.25, -0.2) is 0 Å². The number of H-pyrrole nitrogens is 1. The Morgan fingerprint density at radius 1 is 1.26 bits per heavy atom. The second kappa shape index (κ2) is 7.15. The zero-order valence-electron chi connectivity index (χ0n) is 13.8. The zero-order valence-corrected chi connectivity index (χ0v) is 13.8. The molecule has 0 aromatic carbocycles. The number of carbonyl (C=O) groups excluding carboxylic acids is 2. The summed E-state index contributed by atoms with van der Waals surface area (Å²) in [6.07, 6.45) is 7.16. The van der Waals surface area contributed by atoms with Gasteiger partial charge in [0.25, 0.3) is 0 Å². The van der Waals surface area contributed by atoms with Gasteiger partial charge < -0.3 is 10.2 Å². The van der Waals surface area contributed by atoms with Crippen LogP contribution < -0.4 is 5.32 Å². The second-order valence-electron chi connectivity index (χ2n) is 6.78. The predicted octanol–water partition coefficient (Wildman–Crippen LogP) is 1.91. The second-order valence-corrected chi connectivity index (χ2v) is 6.78. The topological polar surface area (TPSA) is 78.1 Å². The Bertz CT molecular complexity index is 563. The summed E-state index contributed by atoms with van der Waals surface area (Å²) >= 11 is 0. The fraction of sp³-hybridized carbons (Fsp3) is 0.706. The molecule has 0 spiro atoms. The Balaban J connectivity index is 1.56. The molecule has 2 amide bonds. The molecule has 3 rings (SSSR count). The molecule has 0 bridgehead atoms. The Morgan fingerprint density at radius 2 is 2.04 bits per heavy atom. The smallest absolute Gasteiger partial charge is 0.243 e. The number of aryl methyl sites for hydroxylation is 1. The molecule has 1 aliphatic heterocycles. The summed E-state index contributed by atoms with van der Waals surface area (Å²) < 4.78 is 0. The number of hydrogen-bond acceptors (Lipinski definition) is 3. The number of nitrogens with zero attached hydrogens (tertiary/aromatic N) is 2. The van der Waals surface area contributed by atoms with Crippen molar-refractivity contribution >= 4 is 11.8 Å². The minimum Gasteiger partial charge on any atom is -0.349 e. The van der Waals surface area contributed by atoms with E-state index in [1.54, 1.807) is 0 Å². The largest absolute Gasteiger partial charge is 0.349 e. The lowest BCUT2D eigenvalue weighted by Crippen LogP contribution is -2.48. The highest BCUT2D eigenvalue weighted by atomic mass is 16.2. The van der Waals surface area contributed by atoms with Crippen LogP contribution in [0.4, 0.5) is 0 Å². The molecule has 1 saturated carbocycles. The summed E-state index contributed by atoms with van der Waals surface area (Å²) in [4.78, 5) is 27.0. The molecule has 2 heterocycles. The van der Waals surface area contributed by atoms with Crippen molar-refractivity contribution in [2.45, 2.75) is 64.5 Å². The van der Waals surface area contributed by atoms with Crippen LogP contribution in [0.1, 0.15) is 56.3 Å². The summed E-state index contributed by atoms with van der Waals surface area (Å²) in [5, 5.41) is 9.91. The number of aromatic amines is 1. The molecule has 23 heavy (non-hydrogen) atoms. The van der Waals surface area contributed by atoms with E-state index in [2.05, 4.69) is 15.5 Å². The monoisotopic (exact) mass is 318 g/mol.